The number of amides is 1. The summed E-state index contributed by atoms with van der Waals surface area (Å²) in [6, 6.07) is 4.93. The number of carbonyl (C=O) groups excluding carboxylic acids is 1. The molecule has 1 aliphatic rings. The molecule has 0 aromatic heterocycles. The van der Waals surface area contributed by atoms with Gasteiger partial charge in [-0.1, -0.05) is 12.1 Å². The van der Waals surface area contributed by atoms with Crippen LogP contribution in [0.25, 0.3) is 0 Å². The lowest BCUT2D eigenvalue weighted by Crippen LogP contribution is -2.34. The van der Waals surface area contributed by atoms with Crippen LogP contribution in [-0.4, -0.2) is 42.4 Å². The van der Waals surface area contributed by atoms with Crippen molar-refractivity contribution in [3.63, 3.8) is 0 Å². The van der Waals surface area contributed by atoms with Crippen LogP contribution in [0.5, 0.6) is 0 Å². The van der Waals surface area contributed by atoms with Gasteiger partial charge in [0, 0.05) is 38.8 Å². The molecule has 1 heterocycles. The first kappa shape index (κ1) is 14.0. The van der Waals surface area contributed by atoms with E-state index in [2.05, 4.69) is 0 Å². The Morgan fingerprint density at radius 2 is 2.16 bits per heavy atom. The summed E-state index contributed by atoms with van der Waals surface area (Å²) in [6.07, 6.45) is 0.917. The van der Waals surface area contributed by atoms with Crippen molar-refractivity contribution in [2.75, 3.05) is 26.7 Å². The molecule has 0 radical (unpaired) electrons. The molecule has 2 N–H and O–H groups in total. The highest BCUT2D eigenvalue weighted by Gasteiger charge is 2.19. The van der Waals surface area contributed by atoms with Crippen LogP contribution in [0.4, 0.5) is 4.39 Å². The summed E-state index contributed by atoms with van der Waals surface area (Å²) in [6.45, 7) is 2.78. The van der Waals surface area contributed by atoms with Crippen molar-refractivity contribution in [1.82, 2.24) is 9.80 Å². The maximum Gasteiger partial charge on any atom is 0.236 e. The monoisotopic (exact) mass is 265 g/mol. The highest BCUT2D eigenvalue weighted by Crippen LogP contribution is 2.14. The van der Waals surface area contributed by atoms with E-state index in [1.807, 2.05) is 11.9 Å². The molecule has 1 fully saturated rings. The SMILES string of the molecule is CN1CCCN(Cc2cc(CN)ccc2F)CC1=O. The van der Waals surface area contributed by atoms with Crippen LogP contribution in [0.3, 0.4) is 0 Å². The van der Waals surface area contributed by atoms with Gasteiger partial charge in [0.25, 0.3) is 0 Å². The van der Waals surface area contributed by atoms with Crippen LogP contribution in [0.2, 0.25) is 0 Å². The summed E-state index contributed by atoms with van der Waals surface area (Å²) in [5, 5.41) is 0. The van der Waals surface area contributed by atoms with E-state index < -0.39 is 0 Å². The largest absolute Gasteiger partial charge is 0.345 e. The second kappa shape index (κ2) is 6.12. The number of carbonyl (C=O) groups is 1. The second-order valence-electron chi connectivity index (χ2n) is 5.01. The zero-order valence-corrected chi connectivity index (χ0v) is 11.2. The number of nitrogens with two attached hydrogens (primary N) is 1. The topological polar surface area (TPSA) is 49.6 Å². The van der Waals surface area contributed by atoms with Crippen LogP contribution in [0.1, 0.15) is 17.5 Å². The van der Waals surface area contributed by atoms with Crippen molar-refractivity contribution >= 4 is 5.91 Å². The molecule has 1 aromatic carbocycles. The molecule has 0 bridgehead atoms. The second-order valence-corrected chi connectivity index (χ2v) is 5.01. The van der Waals surface area contributed by atoms with Crippen LogP contribution < -0.4 is 5.73 Å². The van der Waals surface area contributed by atoms with Crippen LogP contribution in [0, 0.1) is 5.82 Å². The number of hydrogen-bond acceptors (Lipinski definition) is 3. The van der Waals surface area contributed by atoms with Gasteiger partial charge < -0.3 is 10.6 Å². The lowest BCUT2D eigenvalue weighted by Gasteiger charge is -2.20. The Morgan fingerprint density at radius 1 is 1.37 bits per heavy atom. The number of benzene rings is 1. The summed E-state index contributed by atoms with van der Waals surface area (Å²) in [7, 11) is 1.81. The predicted molar refractivity (Wildman–Crippen MR) is 71.8 cm³/mol. The minimum absolute atomic E-state index is 0.0906. The first-order valence-corrected chi connectivity index (χ1v) is 6.54. The van der Waals surface area contributed by atoms with Gasteiger partial charge in [-0.2, -0.15) is 0 Å². The molecule has 0 saturated carbocycles. The van der Waals surface area contributed by atoms with Crippen molar-refractivity contribution in [1.29, 1.82) is 0 Å². The van der Waals surface area contributed by atoms with E-state index >= 15 is 0 Å². The fourth-order valence-corrected chi connectivity index (χ4v) is 2.30. The van der Waals surface area contributed by atoms with Crippen molar-refractivity contribution in [3.8, 4) is 0 Å². The zero-order chi connectivity index (χ0) is 13.8. The van der Waals surface area contributed by atoms with Gasteiger partial charge in [0.2, 0.25) is 5.91 Å². The standard InChI is InChI=1S/C14H20FN3O/c1-17-5-2-6-18(10-14(17)19)9-12-7-11(8-16)3-4-13(12)15/h3-4,7H,2,5-6,8-10,16H2,1H3. The summed E-state index contributed by atoms with van der Waals surface area (Å²) >= 11 is 0. The molecule has 0 aliphatic carbocycles. The number of likely N-dealkylation sites (N-methyl/N-ethyl adjacent to an activating group) is 1. The molecule has 4 nitrogen and oxygen atoms in total. The van der Waals surface area contributed by atoms with Crippen molar-refractivity contribution < 1.29 is 9.18 Å². The van der Waals surface area contributed by atoms with Gasteiger partial charge in [-0.3, -0.25) is 9.69 Å². The molecule has 5 heteroatoms. The maximum absolute atomic E-state index is 13.8. The molecule has 19 heavy (non-hydrogen) atoms. The number of rotatable bonds is 3. The molecule has 104 valence electrons. The first-order valence-electron chi connectivity index (χ1n) is 6.54. The summed E-state index contributed by atoms with van der Waals surface area (Å²) in [4.78, 5) is 15.5. The summed E-state index contributed by atoms with van der Waals surface area (Å²) in [5.74, 6) is -0.143. The first-order chi connectivity index (χ1) is 9.10. The highest BCUT2D eigenvalue weighted by atomic mass is 19.1. The lowest BCUT2D eigenvalue weighted by molar-refractivity contribution is -0.130. The molecular weight excluding hydrogens is 245 g/mol. The van der Waals surface area contributed by atoms with E-state index in [0.29, 0.717) is 25.2 Å². The van der Waals surface area contributed by atoms with Crippen LogP contribution >= 0.6 is 0 Å². The predicted octanol–water partition coefficient (Wildman–Crippen LogP) is 0.948. The fourth-order valence-electron chi connectivity index (χ4n) is 2.30. The van der Waals surface area contributed by atoms with Gasteiger partial charge >= 0.3 is 0 Å². The molecule has 0 unspecified atom stereocenters. The Labute approximate surface area is 113 Å². The smallest absolute Gasteiger partial charge is 0.236 e. The van der Waals surface area contributed by atoms with Gasteiger partial charge in [-0.05, 0) is 18.1 Å². The molecule has 0 atom stereocenters. The number of hydrogen-bond donors (Lipinski definition) is 1. The van der Waals surface area contributed by atoms with E-state index in [-0.39, 0.29) is 11.7 Å². The third-order valence-electron chi connectivity index (χ3n) is 3.49. The molecular formula is C14H20FN3O. The molecule has 0 spiro atoms. The Bertz CT molecular complexity index is 464. The summed E-state index contributed by atoms with van der Waals surface area (Å²) in [5.41, 5.74) is 7.09. The molecule has 1 amide bonds. The van der Waals surface area contributed by atoms with Gasteiger partial charge in [-0.15, -0.1) is 0 Å². The van der Waals surface area contributed by atoms with Gasteiger partial charge in [0.15, 0.2) is 0 Å². The quantitative estimate of drug-likeness (QED) is 0.885. The average molecular weight is 265 g/mol. The zero-order valence-electron chi connectivity index (χ0n) is 11.2. The van der Waals surface area contributed by atoms with E-state index in [4.69, 9.17) is 5.73 Å². The van der Waals surface area contributed by atoms with E-state index in [1.54, 1.807) is 17.0 Å². The lowest BCUT2D eigenvalue weighted by atomic mass is 10.1. The number of nitrogens with zero attached hydrogens (tertiary/aromatic N) is 2. The molecule has 1 aliphatic heterocycles. The fraction of sp³-hybridized carbons (Fsp3) is 0.500. The van der Waals surface area contributed by atoms with E-state index in [1.165, 1.54) is 6.07 Å². The average Bonchev–Trinajstić information content (AvgIpc) is 2.55. The Hall–Kier alpha value is -1.46. The molecule has 2 rings (SSSR count). The Kier molecular flexibility index (Phi) is 4.50. The van der Waals surface area contributed by atoms with E-state index in [0.717, 1.165) is 25.1 Å². The molecule has 1 aromatic rings. The molecule has 1 saturated heterocycles. The third kappa shape index (κ3) is 3.52. The Morgan fingerprint density at radius 3 is 2.89 bits per heavy atom. The normalized spacial score (nSPS) is 17.6. The van der Waals surface area contributed by atoms with Crippen molar-refractivity contribution in [3.05, 3.63) is 35.1 Å². The maximum atomic E-state index is 13.8. The van der Waals surface area contributed by atoms with E-state index in [9.17, 15) is 9.18 Å². The minimum atomic E-state index is -0.234. The van der Waals surface area contributed by atoms with Gasteiger partial charge in [0.05, 0.1) is 6.54 Å². The third-order valence-corrected chi connectivity index (χ3v) is 3.49. The minimum Gasteiger partial charge on any atom is -0.345 e. The Balaban J connectivity index is 2.09. The van der Waals surface area contributed by atoms with Crippen molar-refractivity contribution in [2.45, 2.75) is 19.5 Å². The van der Waals surface area contributed by atoms with Gasteiger partial charge in [-0.25, -0.2) is 4.39 Å². The van der Waals surface area contributed by atoms with Crippen LogP contribution in [0.15, 0.2) is 18.2 Å². The van der Waals surface area contributed by atoms with Gasteiger partial charge in [0.1, 0.15) is 5.82 Å². The number of halogens is 1. The highest BCUT2D eigenvalue weighted by molar-refractivity contribution is 5.78. The van der Waals surface area contributed by atoms with Crippen LogP contribution in [-0.2, 0) is 17.9 Å². The summed E-state index contributed by atoms with van der Waals surface area (Å²) < 4.78 is 13.8. The van der Waals surface area contributed by atoms with Crippen molar-refractivity contribution in [2.24, 2.45) is 5.73 Å².